The summed E-state index contributed by atoms with van der Waals surface area (Å²) in [5.74, 6) is 0.0600. The summed E-state index contributed by atoms with van der Waals surface area (Å²) < 4.78 is 5.75. The molecule has 1 saturated heterocycles. The monoisotopic (exact) mass is 307 g/mol. The Morgan fingerprint density at radius 1 is 1.27 bits per heavy atom. The number of hydrogen-bond donors (Lipinski definition) is 0. The van der Waals surface area contributed by atoms with E-state index in [4.69, 9.17) is 4.74 Å². The predicted octanol–water partition coefficient (Wildman–Crippen LogP) is 2.17. The Bertz CT molecular complexity index is 430. The Balaban J connectivity index is 2.07. The number of rotatable bonds is 3. The maximum atomic E-state index is 12.9. The molecule has 2 rings (SSSR count). The first kappa shape index (κ1) is 17.2. The molecule has 1 heterocycles. The molecule has 1 saturated carbocycles. The van der Waals surface area contributed by atoms with Crippen molar-refractivity contribution in [1.29, 1.82) is 5.26 Å². The second kappa shape index (κ2) is 6.97. The molecule has 0 aromatic carbocycles. The molecule has 5 heteroatoms. The average molecular weight is 307 g/mol. The summed E-state index contributed by atoms with van der Waals surface area (Å²) in [6, 6.07) is 2.23. The number of amides is 1. The number of nitrogens with zero attached hydrogens (tertiary/aromatic N) is 3. The van der Waals surface area contributed by atoms with E-state index in [0.29, 0.717) is 0 Å². The van der Waals surface area contributed by atoms with Crippen LogP contribution in [0.2, 0.25) is 0 Å². The van der Waals surface area contributed by atoms with Crippen molar-refractivity contribution >= 4 is 5.91 Å². The molecule has 22 heavy (non-hydrogen) atoms. The van der Waals surface area contributed by atoms with Crippen molar-refractivity contribution in [2.75, 3.05) is 20.1 Å². The molecule has 0 spiro atoms. The Labute approximate surface area is 134 Å². The van der Waals surface area contributed by atoms with Crippen LogP contribution in [0.1, 0.15) is 52.9 Å². The molecule has 5 nitrogen and oxygen atoms in total. The lowest BCUT2D eigenvalue weighted by Gasteiger charge is -2.43. The summed E-state index contributed by atoms with van der Waals surface area (Å²) in [6.45, 7) is 7.58. The van der Waals surface area contributed by atoms with Gasteiger partial charge in [-0.1, -0.05) is 19.3 Å². The molecule has 0 N–H and O–H groups in total. The molecule has 0 aromatic heterocycles. The van der Waals surface area contributed by atoms with Gasteiger partial charge in [0.2, 0.25) is 5.91 Å². The molecule has 1 amide bonds. The van der Waals surface area contributed by atoms with E-state index in [2.05, 4.69) is 11.0 Å². The zero-order valence-corrected chi connectivity index (χ0v) is 14.3. The Kier molecular flexibility index (Phi) is 5.46. The highest BCUT2D eigenvalue weighted by molar-refractivity contribution is 5.82. The summed E-state index contributed by atoms with van der Waals surface area (Å²) in [5, 5.41) is 9.66. The minimum Gasteiger partial charge on any atom is -0.373 e. The van der Waals surface area contributed by atoms with Crippen molar-refractivity contribution in [3.8, 4) is 6.07 Å². The van der Waals surface area contributed by atoms with Crippen LogP contribution < -0.4 is 0 Å². The maximum absolute atomic E-state index is 12.9. The van der Waals surface area contributed by atoms with Gasteiger partial charge in [-0.15, -0.1) is 0 Å². The minimum absolute atomic E-state index is 0.0600. The highest BCUT2D eigenvalue weighted by Crippen LogP contribution is 2.33. The third-order valence-corrected chi connectivity index (χ3v) is 5.21. The van der Waals surface area contributed by atoms with Crippen molar-refractivity contribution < 1.29 is 9.53 Å². The molecule has 1 aliphatic carbocycles. The van der Waals surface area contributed by atoms with E-state index in [1.54, 1.807) is 11.9 Å². The average Bonchev–Trinajstić information content (AvgIpc) is 2.52. The SMILES string of the molecule is C[C@H](C(=O)N(C)C1(C#N)CCCCC1)N1C[C@H](C)O[C@@H](C)C1. The molecule has 0 bridgehead atoms. The lowest BCUT2D eigenvalue weighted by atomic mass is 9.81. The Hall–Kier alpha value is -1.12. The van der Waals surface area contributed by atoms with Crippen LogP contribution in [0.15, 0.2) is 0 Å². The molecule has 124 valence electrons. The number of carbonyl (C=O) groups is 1. The van der Waals surface area contributed by atoms with Gasteiger partial charge in [-0.05, 0) is 33.6 Å². The highest BCUT2D eigenvalue weighted by atomic mass is 16.5. The number of likely N-dealkylation sites (N-methyl/N-ethyl adjacent to an activating group) is 1. The number of hydrogen-bond acceptors (Lipinski definition) is 4. The second-order valence-electron chi connectivity index (χ2n) is 6.99. The molecular formula is C17H29N3O2. The van der Waals surface area contributed by atoms with E-state index >= 15 is 0 Å². The molecular weight excluding hydrogens is 278 g/mol. The summed E-state index contributed by atoms with van der Waals surface area (Å²) in [7, 11) is 1.81. The van der Waals surface area contributed by atoms with E-state index in [1.807, 2.05) is 20.8 Å². The van der Waals surface area contributed by atoms with Crippen LogP contribution in [0.25, 0.3) is 0 Å². The van der Waals surface area contributed by atoms with Crippen molar-refractivity contribution in [3.63, 3.8) is 0 Å². The van der Waals surface area contributed by atoms with Crippen molar-refractivity contribution in [2.45, 2.75) is 76.7 Å². The van der Waals surface area contributed by atoms with E-state index in [1.165, 1.54) is 6.42 Å². The molecule has 2 aliphatic rings. The number of morpholine rings is 1. The van der Waals surface area contributed by atoms with Crippen LogP contribution in [0, 0.1) is 11.3 Å². The summed E-state index contributed by atoms with van der Waals surface area (Å²) >= 11 is 0. The number of ether oxygens (including phenoxy) is 1. The zero-order valence-electron chi connectivity index (χ0n) is 14.3. The zero-order chi connectivity index (χ0) is 16.3. The van der Waals surface area contributed by atoms with Gasteiger partial charge < -0.3 is 9.64 Å². The molecule has 2 fully saturated rings. The quantitative estimate of drug-likeness (QED) is 0.802. The fourth-order valence-corrected chi connectivity index (χ4v) is 3.84. The van der Waals surface area contributed by atoms with Crippen LogP contribution >= 0.6 is 0 Å². The maximum Gasteiger partial charge on any atom is 0.240 e. The summed E-state index contributed by atoms with van der Waals surface area (Å²) in [6.07, 6.45) is 5.12. The second-order valence-corrected chi connectivity index (χ2v) is 6.99. The number of nitriles is 1. The fourth-order valence-electron chi connectivity index (χ4n) is 3.84. The molecule has 3 atom stereocenters. The normalized spacial score (nSPS) is 30.3. The lowest BCUT2D eigenvalue weighted by Crippen LogP contribution is -2.58. The van der Waals surface area contributed by atoms with Gasteiger partial charge in [0.1, 0.15) is 5.54 Å². The molecule has 1 aliphatic heterocycles. The number of carbonyl (C=O) groups excluding carboxylic acids is 1. The predicted molar refractivity (Wildman–Crippen MR) is 85.2 cm³/mol. The summed E-state index contributed by atoms with van der Waals surface area (Å²) in [4.78, 5) is 16.8. The van der Waals surface area contributed by atoms with E-state index in [9.17, 15) is 10.1 Å². The third-order valence-electron chi connectivity index (χ3n) is 5.21. The standard InChI is InChI=1S/C17H29N3O2/c1-13-10-20(11-14(2)22-13)15(3)16(21)19(4)17(12-18)8-6-5-7-9-17/h13-15H,5-11H2,1-4H3/t13-,14-,15+/m0/s1. The first-order chi connectivity index (χ1) is 10.4. The van der Waals surface area contributed by atoms with Crippen molar-refractivity contribution in [3.05, 3.63) is 0 Å². The largest absolute Gasteiger partial charge is 0.373 e. The Morgan fingerprint density at radius 2 is 1.82 bits per heavy atom. The third kappa shape index (κ3) is 3.44. The molecule has 0 aromatic rings. The smallest absolute Gasteiger partial charge is 0.240 e. The topological polar surface area (TPSA) is 56.6 Å². The van der Waals surface area contributed by atoms with Gasteiger partial charge in [-0.25, -0.2) is 0 Å². The first-order valence-corrected chi connectivity index (χ1v) is 8.48. The van der Waals surface area contributed by atoms with E-state index < -0.39 is 5.54 Å². The van der Waals surface area contributed by atoms with Gasteiger partial charge in [0, 0.05) is 20.1 Å². The van der Waals surface area contributed by atoms with Crippen molar-refractivity contribution in [1.82, 2.24) is 9.80 Å². The van der Waals surface area contributed by atoms with Gasteiger partial charge in [-0.3, -0.25) is 9.69 Å². The first-order valence-electron chi connectivity index (χ1n) is 8.48. The van der Waals surface area contributed by atoms with E-state index in [-0.39, 0.29) is 24.2 Å². The molecule has 0 unspecified atom stereocenters. The minimum atomic E-state index is -0.604. The van der Waals surface area contributed by atoms with Crippen LogP contribution in [0.3, 0.4) is 0 Å². The van der Waals surface area contributed by atoms with Gasteiger partial charge in [0.15, 0.2) is 0 Å². The van der Waals surface area contributed by atoms with Crippen LogP contribution in [-0.2, 0) is 9.53 Å². The van der Waals surface area contributed by atoms with Crippen LogP contribution in [-0.4, -0.2) is 59.6 Å². The molecule has 0 radical (unpaired) electrons. The van der Waals surface area contributed by atoms with Crippen molar-refractivity contribution in [2.24, 2.45) is 0 Å². The lowest BCUT2D eigenvalue weighted by molar-refractivity contribution is -0.145. The van der Waals surface area contributed by atoms with Gasteiger partial charge >= 0.3 is 0 Å². The van der Waals surface area contributed by atoms with Gasteiger partial charge in [-0.2, -0.15) is 5.26 Å². The Morgan fingerprint density at radius 3 is 2.32 bits per heavy atom. The van der Waals surface area contributed by atoms with Crippen LogP contribution in [0.5, 0.6) is 0 Å². The van der Waals surface area contributed by atoms with Gasteiger partial charge in [0.05, 0.1) is 24.3 Å². The van der Waals surface area contributed by atoms with E-state index in [0.717, 1.165) is 38.8 Å². The fraction of sp³-hybridized carbons (Fsp3) is 0.882. The van der Waals surface area contributed by atoms with Gasteiger partial charge in [0.25, 0.3) is 0 Å². The summed E-state index contributed by atoms with van der Waals surface area (Å²) in [5.41, 5.74) is -0.604. The highest BCUT2D eigenvalue weighted by Gasteiger charge is 2.41. The van der Waals surface area contributed by atoms with Crippen LogP contribution in [0.4, 0.5) is 0 Å².